The van der Waals surface area contributed by atoms with E-state index in [1.165, 1.54) is 12.1 Å². The van der Waals surface area contributed by atoms with Gasteiger partial charge in [0.1, 0.15) is 0 Å². The number of benzene rings is 1. The predicted molar refractivity (Wildman–Crippen MR) is 54.7 cm³/mol. The van der Waals surface area contributed by atoms with E-state index in [-0.39, 0.29) is 9.37 Å². The maximum absolute atomic E-state index is 13.4. The van der Waals surface area contributed by atoms with Crippen LogP contribution in [-0.2, 0) is 15.8 Å². The molecule has 0 N–H and O–H groups in total. The lowest BCUT2D eigenvalue weighted by atomic mass is 10.1. The molecule has 0 atom stereocenters. The van der Waals surface area contributed by atoms with Crippen molar-refractivity contribution in [3.63, 3.8) is 0 Å². The highest BCUT2D eigenvalue weighted by Crippen LogP contribution is 2.43. The minimum Gasteiger partial charge on any atom is -0.224 e. The fraction of sp³-hybridized carbons (Fsp3) is 0.333. The molecule has 2 nitrogen and oxygen atoms in total. The summed E-state index contributed by atoms with van der Waals surface area (Å²) in [5.41, 5.74) is -0.400. The van der Waals surface area contributed by atoms with Gasteiger partial charge in [0, 0.05) is 16.5 Å². The van der Waals surface area contributed by atoms with Crippen molar-refractivity contribution in [3.05, 3.63) is 28.2 Å². The molecule has 0 amide bonds. The Hall–Kier alpha value is -0.490. The van der Waals surface area contributed by atoms with E-state index in [0.29, 0.717) is 0 Å². The Morgan fingerprint density at radius 2 is 2.00 bits per heavy atom. The van der Waals surface area contributed by atoms with Gasteiger partial charge in [-0.25, -0.2) is 17.2 Å². The van der Waals surface area contributed by atoms with E-state index < -0.39 is 33.5 Å². The molecule has 1 aromatic rings. The van der Waals surface area contributed by atoms with Crippen molar-refractivity contribution in [2.75, 3.05) is 5.75 Å². The van der Waals surface area contributed by atoms with Gasteiger partial charge in [0.05, 0.1) is 10.6 Å². The number of sulfone groups is 1. The third-order valence-corrected chi connectivity index (χ3v) is 5.08. The molecule has 0 saturated carbocycles. The highest BCUT2D eigenvalue weighted by Gasteiger charge is 2.43. The van der Waals surface area contributed by atoms with Crippen LogP contribution in [0.1, 0.15) is 12.0 Å². The number of alkyl halides is 2. The van der Waals surface area contributed by atoms with Crippen LogP contribution in [0.4, 0.5) is 8.78 Å². The van der Waals surface area contributed by atoms with Crippen LogP contribution < -0.4 is 0 Å². The van der Waals surface area contributed by atoms with Crippen molar-refractivity contribution in [2.45, 2.75) is 17.2 Å². The van der Waals surface area contributed by atoms with Gasteiger partial charge in [-0.3, -0.25) is 0 Å². The van der Waals surface area contributed by atoms with Crippen LogP contribution in [0.2, 0.25) is 0 Å². The summed E-state index contributed by atoms with van der Waals surface area (Å²) in [5.74, 6) is -3.56. The summed E-state index contributed by atoms with van der Waals surface area (Å²) in [6.45, 7) is 0. The summed E-state index contributed by atoms with van der Waals surface area (Å²) in [6, 6.07) is 4.03. The van der Waals surface area contributed by atoms with E-state index >= 15 is 0 Å². The predicted octanol–water partition coefficient (Wildman–Crippen LogP) is 2.72. The number of halogens is 3. The minimum absolute atomic E-state index is 0.208. The molecule has 0 radical (unpaired) electrons. The van der Waals surface area contributed by atoms with Gasteiger partial charge in [-0.1, -0.05) is 12.1 Å². The fourth-order valence-electron chi connectivity index (χ4n) is 1.61. The van der Waals surface area contributed by atoms with Crippen molar-refractivity contribution in [2.24, 2.45) is 0 Å². The molecule has 1 heterocycles. The quantitative estimate of drug-likeness (QED) is 0.738. The first kappa shape index (κ1) is 11.0. The molecule has 2 rings (SSSR count). The van der Waals surface area contributed by atoms with Crippen molar-refractivity contribution >= 4 is 25.8 Å². The van der Waals surface area contributed by atoms with Crippen LogP contribution in [0, 0.1) is 0 Å². The van der Waals surface area contributed by atoms with Crippen LogP contribution >= 0.6 is 15.9 Å². The summed E-state index contributed by atoms with van der Waals surface area (Å²) in [5, 5.41) is 0. The molecule has 1 aliphatic heterocycles. The van der Waals surface area contributed by atoms with Crippen LogP contribution in [0.3, 0.4) is 0 Å². The first-order chi connectivity index (χ1) is 6.84. The Kier molecular flexibility index (Phi) is 2.38. The van der Waals surface area contributed by atoms with Gasteiger partial charge in [0.2, 0.25) is 0 Å². The molecule has 6 heteroatoms. The summed E-state index contributed by atoms with van der Waals surface area (Å²) in [7, 11) is -3.57. The number of hydrogen-bond acceptors (Lipinski definition) is 2. The monoisotopic (exact) mass is 296 g/mol. The van der Waals surface area contributed by atoms with E-state index in [2.05, 4.69) is 15.9 Å². The van der Waals surface area contributed by atoms with Crippen LogP contribution in [0.5, 0.6) is 0 Å². The van der Waals surface area contributed by atoms with Crippen molar-refractivity contribution in [1.82, 2.24) is 0 Å². The number of fused-ring (bicyclic) bond motifs is 1. The van der Waals surface area contributed by atoms with Crippen molar-refractivity contribution < 1.29 is 17.2 Å². The molecule has 0 saturated heterocycles. The van der Waals surface area contributed by atoms with Gasteiger partial charge in [-0.2, -0.15) is 0 Å². The first-order valence-electron chi connectivity index (χ1n) is 4.24. The Balaban J connectivity index is 2.82. The van der Waals surface area contributed by atoms with Gasteiger partial charge in [0.15, 0.2) is 9.84 Å². The molecule has 0 spiro atoms. The molecule has 1 aromatic carbocycles. The van der Waals surface area contributed by atoms with E-state index in [9.17, 15) is 17.2 Å². The highest BCUT2D eigenvalue weighted by molar-refractivity contribution is 9.10. The van der Waals surface area contributed by atoms with Crippen LogP contribution in [0.25, 0.3) is 0 Å². The standard InChI is InChI=1S/C9H7BrF2O2S/c10-7-3-1-2-6-8(7)15(13,14)5-4-9(6,11)12/h1-3H,4-5H2. The Morgan fingerprint density at radius 3 is 2.60 bits per heavy atom. The second-order valence-corrected chi connectivity index (χ2v) is 6.29. The lowest BCUT2D eigenvalue weighted by Gasteiger charge is -2.25. The summed E-state index contributed by atoms with van der Waals surface area (Å²) < 4.78 is 50.3. The SMILES string of the molecule is O=S1(=O)CCC(F)(F)c2cccc(Br)c21. The molecule has 15 heavy (non-hydrogen) atoms. The van der Waals surface area contributed by atoms with Gasteiger partial charge in [0.25, 0.3) is 5.92 Å². The smallest absolute Gasteiger partial charge is 0.224 e. The lowest BCUT2D eigenvalue weighted by molar-refractivity contribution is -0.0128. The zero-order chi connectivity index (χ0) is 11.3. The van der Waals surface area contributed by atoms with Gasteiger partial charge < -0.3 is 0 Å². The maximum Gasteiger partial charge on any atom is 0.275 e. The molecule has 1 aliphatic rings. The lowest BCUT2D eigenvalue weighted by Crippen LogP contribution is -2.28. The second-order valence-electron chi connectivity index (χ2n) is 3.39. The Bertz CT molecular complexity index is 511. The first-order valence-corrected chi connectivity index (χ1v) is 6.69. The number of rotatable bonds is 0. The summed E-state index contributed by atoms with van der Waals surface area (Å²) >= 11 is 3.00. The topological polar surface area (TPSA) is 34.1 Å². The van der Waals surface area contributed by atoms with Crippen molar-refractivity contribution in [3.8, 4) is 0 Å². The van der Waals surface area contributed by atoms with Gasteiger partial charge in [-0.05, 0) is 22.0 Å². The third-order valence-electron chi connectivity index (χ3n) is 2.36. The summed E-state index contributed by atoms with van der Waals surface area (Å²) in [4.78, 5) is -0.263. The normalized spacial score (nSPS) is 22.1. The fourth-order valence-corrected chi connectivity index (χ4v) is 4.37. The minimum atomic E-state index is -3.57. The van der Waals surface area contributed by atoms with Crippen molar-refractivity contribution in [1.29, 1.82) is 0 Å². The second kappa shape index (κ2) is 3.25. The largest absolute Gasteiger partial charge is 0.275 e. The molecule has 0 fully saturated rings. The van der Waals surface area contributed by atoms with E-state index in [0.717, 1.165) is 6.07 Å². The van der Waals surface area contributed by atoms with E-state index in [1.54, 1.807) is 0 Å². The highest BCUT2D eigenvalue weighted by atomic mass is 79.9. The molecule has 0 bridgehead atoms. The van der Waals surface area contributed by atoms with Gasteiger partial charge >= 0.3 is 0 Å². The molecule has 82 valence electrons. The van der Waals surface area contributed by atoms with Crippen LogP contribution in [0.15, 0.2) is 27.6 Å². The average Bonchev–Trinajstić information content (AvgIpc) is 2.13. The summed E-state index contributed by atoms with van der Waals surface area (Å²) in [6.07, 6.45) is -0.640. The molecular weight excluding hydrogens is 290 g/mol. The molecular formula is C9H7BrF2O2S. The zero-order valence-corrected chi connectivity index (χ0v) is 9.91. The van der Waals surface area contributed by atoms with E-state index in [1.807, 2.05) is 0 Å². The Labute approximate surface area is 94.3 Å². The Morgan fingerprint density at radius 1 is 1.33 bits per heavy atom. The van der Waals surface area contributed by atoms with Crippen LogP contribution in [-0.4, -0.2) is 14.2 Å². The molecule has 0 aromatic heterocycles. The average molecular weight is 297 g/mol. The third kappa shape index (κ3) is 1.69. The maximum atomic E-state index is 13.4. The van der Waals surface area contributed by atoms with Gasteiger partial charge in [-0.15, -0.1) is 0 Å². The molecule has 0 unspecified atom stereocenters. The van der Waals surface area contributed by atoms with E-state index in [4.69, 9.17) is 0 Å². The number of hydrogen-bond donors (Lipinski definition) is 0. The molecule has 0 aliphatic carbocycles. The zero-order valence-electron chi connectivity index (χ0n) is 7.50.